The third-order valence-corrected chi connectivity index (χ3v) is 3.97. The third-order valence-electron chi connectivity index (χ3n) is 3.54. The van der Waals surface area contributed by atoms with Crippen molar-refractivity contribution in [1.82, 2.24) is 0 Å². The van der Waals surface area contributed by atoms with Crippen LogP contribution in [0.1, 0.15) is 36.8 Å². The number of rotatable bonds is 4. The Morgan fingerprint density at radius 1 is 1.56 bits per heavy atom. The Morgan fingerprint density at radius 3 is 2.78 bits per heavy atom. The molecule has 0 radical (unpaired) electrons. The Bertz CT molecular complexity index is 512. The van der Waals surface area contributed by atoms with E-state index in [0.717, 1.165) is 29.7 Å². The monoisotopic (exact) mass is 305 g/mol. The quantitative estimate of drug-likeness (QED) is 0.827. The first-order valence-electron chi connectivity index (χ1n) is 6.06. The number of nitrogens with one attached hydrogen (secondary N) is 2. The van der Waals surface area contributed by atoms with Gasteiger partial charge >= 0.3 is 0 Å². The fourth-order valence-corrected chi connectivity index (χ4v) is 2.69. The largest absolute Gasteiger partial charge is 0.378 e. The number of nitriles is 1. The van der Waals surface area contributed by atoms with E-state index >= 15 is 0 Å². The second-order valence-corrected chi connectivity index (χ2v) is 5.75. The number of nitrogens with zero attached hydrogens (tertiary/aromatic N) is 1. The van der Waals surface area contributed by atoms with E-state index in [2.05, 4.69) is 27.3 Å². The molecular weight excluding hydrogens is 290 g/mol. The van der Waals surface area contributed by atoms with Crippen LogP contribution in [0.3, 0.4) is 0 Å². The molecule has 1 aliphatic carbocycles. The van der Waals surface area contributed by atoms with Crippen LogP contribution in [-0.4, -0.2) is 10.2 Å². The zero-order valence-corrected chi connectivity index (χ0v) is 12.0. The summed E-state index contributed by atoms with van der Waals surface area (Å²) in [5.41, 5.74) is 2.87. The van der Waals surface area contributed by atoms with E-state index in [1.165, 1.54) is 6.42 Å². The van der Waals surface area contributed by atoms with Crippen LogP contribution in [0.25, 0.3) is 0 Å². The molecule has 3 nitrogen and oxygen atoms in total. The lowest BCUT2D eigenvalue weighted by Crippen LogP contribution is -2.45. The molecule has 0 saturated heterocycles. The summed E-state index contributed by atoms with van der Waals surface area (Å²) in [6.07, 6.45) is 3.75. The van der Waals surface area contributed by atoms with Gasteiger partial charge in [-0.05, 0) is 59.8 Å². The summed E-state index contributed by atoms with van der Waals surface area (Å²) in [4.78, 5) is 0. The van der Waals surface area contributed by atoms with E-state index in [0.29, 0.717) is 11.0 Å². The first-order chi connectivity index (χ1) is 8.56. The maximum Gasteiger partial charge on any atom is 0.106 e. The normalized spacial score (nSPS) is 16.5. The lowest BCUT2D eigenvalue weighted by atomic mass is 9.74. The van der Waals surface area contributed by atoms with E-state index in [4.69, 9.17) is 10.7 Å². The zero-order valence-electron chi connectivity index (χ0n) is 10.4. The van der Waals surface area contributed by atoms with E-state index in [-0.39, 0.29) is 5.54 Å². The van der Waals surface area contributed by atoms with Gasteiger partial charge in [-0.15, -0.1) is 0 Å². The second kappa shape index (κ2) is 5.11. The zero-order chi connectivity index (χ0) is 13.2. The summed E-state index contributed by atoms with van der Waals surface area (Å²) < 4.78 is 0.372. The van der Waals surface area contributed by atoms with Crippen molar-refractivity contribution in [1.29, 1.82) is 10.7 Å². The molecule has 1 aromatic carbocycles. The minimum absolute atomic E-state index is 0.0836. The van der Waals surface area contributed by atoms with Gasteiger partial charge in [0, 0.05) is 11.3 Å². The number of hydrogen-bond donors (Lipinski definition) is 2. The van der Waals surface area contributed by atoms with Gasteiger partial charge in [-0.2, -0.15) is 5.26 Å². The van der Waals surface area contributed by atoms with Crippen molar-refractivity contribution >= 4 is 26.2 Å². The van der Waals surface area contributed by atoms with Gasteiger partial charge in [0.15, 0.2) is 0 Å². The lowest BCUT2D eigenvalue weighted by Gasteiger charge is -2.42. The molecule has 1 fully saturated rings. The van der Waals surface area contributed by atoms with Crippen molar-refractivity contribution in [2.24, 2.45) is 0 Å². The fraction of sp³-hybridized carbons (Fsp3) is 0.429. The number of benzene rings is 1. The summed E-state index contributed by atoms with van der Waals surface area (Å²) in [6, 6.07) is 8.24. The summed E-state index contributed by atoms with van der Waals surface area (Å²) in [7, 11) is 0. The highest BCUT2D eigenvalue weighted by Crippen LogP contribution is 2.39. The Balaban J connectivity index is 2.30. The first kappa shape index (κ1) is 13.1. The maximum atomic E-state index is 8.94. The van der Waals surface area contributed by atoms with Gasteiger partial charge < -0.3 is 5.32 Å². The second-order valence-electron chi connectivity index (χ2n) is 4.96. The Labute approximate surface area is 116 Å². The van der Waals surface area contributed by atoms with Crippen LogP contribution in [0.15, 0.2) is 18.2 Å². The van der Waals surface area contributed by atoms with Crippen LogP contribution in [0.4, 0.5) is 5.69 Å². The predicted octanol–water partition coefficient (Wildman–Crippen LogP) is 3.96. The topological polar surface area (TPSA) is 59.7 Å². The van der Waals surface area contributed by atoms with Crippen molar-refractivity contribution in [3.63, 3.8) is 0 Å². The molecule has 4 heteroatoms. The number of halogens is 1. The van der Waals surface area contributed by atoms with Gasteiger partial charge in [-0.1, -0.05) is 6.07 Å². The molecule has 2 rings (SSSR count). The van der Waals surface area contributed by atoms with Crippen LogP contribution in [0.2, 0.25) is 0 Å². The first-order valence-corrected chi connectivity index (χ1v) is 6.86. The molecule has 0 amide bonds. The molecular formula is C14H16BrN3. The average molecular weight is 306 g/mol. The van der Waals surface area contributed by atoms with Crippen LogP contribution in [0, 0.1) is 23.7 Å². The van der Waals surface area contributed by atoms with Crippen LogP contribution in [-0.2, 0) is 0 Å². The fourth-order valence-electron chi connectivity index (χ4n) is 2.34. The van der Waals surface area contributed by atoms with Crippen LogP contribution < -0.4 is 5.32 Å². The highest BCUT2D eigenvalue weighted by molar-refractivity contribution is 9.18. The standard InChI is InChI=1S/C14H16BrN3/c1-10-3-4-11(13(15)17)12(9-10)18-14(7-8-16)5-2-6-14/h3-4,9,17-18H,2,5-7H2,1H3. The van der Waals surface area contributed by atoms with Gasteiger partial charge in [0.2, 0.25) is 0 Å². The van der Waals surface area contributed by atoms with Crippen molar-refractivity contribution in [2.75, 3.05) is 5.32 Å². The minimum atomic E-state index is -0.0836. The van der Waals surface area contributed by atoms with Crippen molar-refractivity contribution in [3.8, 4) is 6.07 Å². The van der Waals surface area contributed by atoms with Gasteiger partial charge in [0.25, 0.3) is 0 Å². The van der Waals surface area contributed by atoms with Crippen molar-refractivity contribution < 1.29 is 0 Å². The van der Waals surface area contributed by atoms with Crippen molar-refractivity contribution in [3.05, 3.63) is 29.3 Å². The SMILES string of the molecule is Cc1ccc(C(=N)Br)c(NC2(CC#N)CCC2)c1. The maximum absolute atomic E-state index is 8.94. The molecule has 0 bridgehead atoms. The molecule has 0 aromatic heterocycles. The number of anilines is 1. The van der Waals surface area contributed by atoms with Crippen LogP contribution in [0.5, 0.6) is 0 Å². The molecule has 18 heavy (non-hydrogen) atoms. The van der Waals surface area contributed by atoms with E-state index in [9.17, 15) is 0 Å². The summed E-state index contributed by atoms with van der Waals surface area (Å²) in [6.45, 7) is 2.03. The summed E-state index contributed by atoms with van der Waals surface area (Å²) in [5, 5.41) is 20.2. The molecule has 0 atom stereocenters. The predicted molar refractivity (Wildman–Crippen MR) is 77.4 cm³/mol. The molecule has 0 aliphatic heterocycles. The Morgan fingerprint density at radius 2 is 2.28 bits per heavy atom. The van der Waals surface area contributed by atoms with Gasteiger partial charge in [0.05, 0.1) is 18.0 Å². The molecule has 0 unspecified atom stereocenters. The van der Waals surface area contributed by atoms with Gasteiger partial charge in [-0.3, -0.25) is 5.41 Å². The highest BCUT2D eigenvalue weighted by atomic mass is 79.9. The molecule has 94 valence electrons. The number of hydrogen-bond acceptors (Lipinski definition) is 3. The molecule has 0 heterocycles. The molecule has 1 aliphatic rings. The van der Waals surface area contributed by atoms with Gasteiger partial charge in [0.1, 0.15) is 4.62 Å². The molecule has 1 saturated carbocycles. The number of aryl methyl sites for hydroxylation is 1. The minimum Gasteiger partial charge on any atom is -0.378 e. The van der Waals surface area contributed by atoms with Gasteiger partial charge in [-0.25, -0.2) is 0 Å². The van der Waals surface area contributed by atoms with E-state index in [1.54, 1.807) is 0 Å². The Hall–Kier alpha value is -1.34. The summed E-state index contributed by atoms with van der Waals surface area (Å²) in [5.74, 6) is 0. The van der Waals surface area contributed by atoms with E-state index in [1.807, 2.05) is 25.1 Å². The molecule has 1 aromatic rings. The Kier molecular flexibility index (Phi) is 3.72. The lowest BCUT2D eigenvalue weighted by molar-refractivity contribution is 0.284. The third kappa shape index (κ3) is 2.56. The average Bonchev–Trinajstić information content (AvgIpc) is 2.26. The molecule has 2 N–H and O–H groups in total. The summed E-state index contributed by atoms with van der Waals surface area (Å²) >= 11 is 3.22. The van der Waals surface area contributed by atoms with Crippen molar-refractivity contribution in [2.45, 2.75) is 38.1 Å². The van der Waals surface area contributed by atoms with Crippen LogP contribution >= 0.6 is 15.9 Å². The highest BCUT2D eigenvalue weighted by Gasteiger charge is 2.37. The smallest absolute Gasteiger partial charge is 0.106 e. The van der Waals surface area contributed by atoms with E-state index < -0.39 is 0 Å². The molecule has 0 spiro atoms.